The minimum Gasteiger partial charge on any atom is -0.495 e. The van der Waals surface area contributed by atoms with Crippen LogP contribution in [0.15, 0.2) is 52.3 Å². The van der Waals surface area contributed by atoms with Gasteiger partial charge in [0.15, 0.2) is 0 Å². The molecular weight excluding hydrogens is 412 g/mol. The molecule has 0 fully saturated rings. The van der Waals surface area contributed by atoms with Gasteiger partial charge >= 0.3 is 0 Å². The van der Waals surface area contributed by atoms with Gasteiger partial charge in [-0.2, -0.15) is 0 Å². The number of nitrogens with zero attached hydrogens (tertiary/aromatic N) is 1. The van der Waals surface area contributed by atoms with Crippen molar-refractivity contribution in [3.8, 4) is 5.75 Å². The second-order valence-corrected chi connectivity index (χ2v) is 10.9. The van der Waals surface area contributed by atoms with Gasteiger partial charge in [-0.15, -0.1) is 0 Å². The second kappa shape index (κ2) is 9.15. The van der Waals surface area contributed by atoms with E-state index >= 15 is 0 Å². The highest BCUT2D eigenvalue weighted by atomic mass is 32.2. The molecule has 0 aliphatic rings. The maximum absolute atomic E-state index is 13.0. The lowest BCUT2D eigenvalue weighted by molar-refractivity contribution is 0.415. The van der Waals surface area contributed by atoms with Gasteiger partial charge < -0.3 is 4.74 Å². The van der Waals surface area contributed by atoms with Crippen molar-refractivity contribution in [2.75, 3.05) is 25.0 Å². The minimum absolute atomic E-state index is 0.0250. The molecule has 0 heterocycles. The molecule has 9 heteroatoms. The first-order valence-corrected chi connectivity index (χ1v) is 12.1. The van der Waals surface area contributed by atoms with Crippen LogP contribution >= 0.6 is 0 Å². The molecule has 0 saturated heterocycles. The maximum atomic E-state index is 13.0. The Labute approximate surface area is 173 Å². The molecule has 0 atom stereocenters. The first-order valence-electron chi connectivity index (χ1n) is 9.22. The van der Waals surface area contributed by atoms with Crippen LogP contribution in [-0.4, -0.2) is 37.5 Å². The number of benzene rings is 2. The topological polar surface area (TPSA) is 92.8 Å². The molecule has 0 saturated carbocycles. The van der Waals surface area contributed by atoms with Crippen LogP contribution in [0.4, 0.5) is 5.69 Å². The Morgan fingerprint density at radius 2 is 1.59 bits per heavy atom. The molecule has 0 aliphatic heterocycles. The predicted molar refractivity (Wildman–Crippen MR) is 114 cm³/mol. The van der Waals surface area contributed by atoms with Gasteiger partial charge in [0.2, 0.25) is 10.0 Å². The lowest BCUT2D eigenvalue weighted by Crippen LogP contribution is -2.28. The third kappa shape index (κ3) is 5.49. The normalized spacial score (nSPS) is 12.2. The zero-order valence-corrected chi connectivity index (χ0v) is 19.0. The molecule has 7 nitrogen and oxygen atoms in total. The Bertz CT molecular complexity index is 1050. The van der Waals surface area contributed by atoms with E-state index in [1.807, 2.05) is 20.8 Å². The van der Waals surface area contributed by atoms with Gasteiger partial charge in [-0.3, -0.25) is 4.31 Å². The Hall–Kier alpha value is -2.10. The average Bonchev–Trinajstić information content (AvgIpc) is 2.66. The van der Waals surface area contributed by atoms with Crippen molar-refractivity contribution < 1.29 is 21.6 Å². The van der Waals surface area contributed by atoms with E-state index in [-0.39, 0.29) is 21.2 Å². The summed E-state index contributed by atoms with van der Waals surface area (Å²) in [5.41, 5.74) is 1.07. The van der Waals surface area contributed by atoms with Crippen LogP contribution in [-0.2, 0) is 20.0 Å². The average molecular weight is 441 g/mol. The summed E-state index contributed by atoms with van der Waals surface area (Å²) in [6, 6.07) is 10.6. The van der Waals surface area contributed by atoms with Gasteiger partial charge in [0, 0.05) is 13.6 Å². The summed E-state index contributed by atoms with van der Waals surface area (Å²) < 4.78 is 60.2. The van der Waals surface area contributed by atoms with E-state index in [2.05, 4.69) is 4.72 Å². The molecule has 0 amide bonds. The summed E-state index contributed by atoms with van der Waals surface area (Å²) in [7, 11) is -4.90. The van der Waals surface area contributed by atoms with Gasteiger partial charge in [0.25, 0.3) is 10.0 Å². The van der Waals surface area contributed by atoms with Gasteiger partial charge in [-0.1, -0.05) is 31.5 Å². The lowest BCUT2D eigenvalue weighted by atomic mass is 10.1. The summed E-state index contributed by atoms with van der Waals surface area (Å²) in [5.74, 6) is 0.610. The van der Waals surface area contributed by atoms with Crippen molar-refractivity contribution in [1.29, 1.82) is 0 Å². The van der Waals surface area contributed by atoms with Crippen molar-refractivity contribution in [1.82, 2.24) is 4.72 Å². The third-order valence-electron chi connectivity index (χ3n) is 4.49. The first-order chi connectivity index (χ1) is 13.5. The quantitative estimate of drug-likeness (QED) is 0.647. The Kier molecular flexibility index (Phi) is 7.31. The predicted octanol–water partition coefficient (Wildman–Crippen LogP) is 3.15. The van der Waals surface area contributed by atoms with Gasteiger partial charge in [0.05, 0.1) is 22.6 Å². The summed E-state index contributed by atoms with van der Waals surface area (Å²) in [4.78, 5) is 0.0824. The molecule has 29 heavy (non-hydrogen) atoms. The van der Waals surface area contributed by atoms with Gasteiger partial charge in [-0.05, 0) is 49.6 Å². The Balaban J connectivity index is 2.43. The molecule has 0 spiro atoms. The smallest absolute Gasteiger partial charge is 0.264 e. The van der Waals surface area contributed by atoms with Crippen LogP contribution in [0, 0.1) is 12.8 Å². The fourth-order valence-electron chi connectivity index (χ4n) is 2.65. The van der Waals surface area contributed by atoms with E-state index in [4.69, 9.17) is 4.74 Å². The SMILES string of the molecule is COc1ccc(S(=O)(=O)NCCC(C)C)cc1N(C)S(=O)(=O)c1ccc(C)cc1. The van der Waals surface area contributed by atoms with E-state index in [9.17, 15) is 16.8 Å². The van der Waals surface area contributed by atoms with E-state index < -0.39 is 20.0 Å². The summed E-state index contributed by atoms with van der Waals surface area (Å²) in [5, 5.41) is 0. The van der Waals surface area contributed by atoms with Gasteiger partial charge in [-0.25, -0.2) is 21.6 Å². The summed E-state index contributed by atoms with van der Waals surface area (Å²) in [6.45, 7) is 6.18. The fraction of sp³-hybridized carbons (Fsp3) is 0.400. The van der Waals surface area contributed by atoms with Crippen LogP contribution in [0.2, 0.25) is 0 Å². The molecule has 160 valence electrons. The van der Waals surface area contributed by atoms with Gasteiger partial charge in [0.1, 0.15) is 5.75 Å². The van der Waals surface area contributed by atoms with Crippen molar-refractivity contribution in [2.24, 2.45) is 5.92 Å². The number of hydrogen-bond donors (Lipinski definition) is 1. The third-order valence-corrected chi connectivity index (χ3v) is 7.74. The largest absolute Gasteiger partial charge is 0.495 e. The zero-order chi connectivity index (χ0) is 21.8. The number of hydrogen-bond acceptors (Lipinski definition) is 5. The monoisotopic (exact) mass is 440 g/mol. The highest BCUT2D eigenvalue weighted by Crippen LogP contribution is 2.33. The van der Waals surface area contributed by atoms with E-state index in [1.165, 1.54) is 44.5 Å². The van der Waals surface area contributed by atoms with Crippen LogP contribution in [0.1, 0.15) is 25.8 Å². The van der Waals surface area contributed by atoms with Crippen molar-refractivity contribution in [2.45, 2.75) is 37.0 Å². The Morgan fingerprint density at radius 1 is 1.00 bits per heavy atom. The lowest BCUT2D eigenvalue weighted by Gasteiger charge is -2.22. The summed E-state index contributed by atoms with van der Waals surface area (Å²) in [6.07, 6.45) is 0.698. The summed E-state index contributed by atoms with van der Waals surface area (Å²) >= 11 is 0. The first kappa shape index (κ1) is 23.2. The molecular formula is C20H28N2O5S2. The molecule has 0 unspecified atom stereocenters. The zero-order valence-electron chi connectivity index (χ0n) is 17.3. The number of anilines is 1. The molecule has 0 bridgehead atoms. The maximum Gasteiger partial charge on any atom is 0.264 e. The Morgan fingerprint density at radius 3 is 2.14 bits per heavy atom. The number of ether oxygens (including phenoxy) is 1. The highest BCUT2D eigenvalue weighted by molar-refractivity contribution is 7.92. The number of nitrogens with one attached hydrogen (secondary N) is 1. The molecule has 1 N–H and O–H groups in total. The molecule has 2 aromatic carbocycles. The fourth-order valence-corrected chi connectivity index (χ4v) is 4.91. The molecule has 2 aromatic rings. The number of rotatable bonds is 9. The van der Waals surface area contributed by atoms with Crippen LogP contribution in [0.3, 0.4) is 0 Å². The highest BCUT2D eigenvalue weighted by Gasteiger charge is 2.26. The minimum atomic E-state index is -3.89. The van der Waals surface area contributed by atoms with Crippen LogP contribution < -0.4 is 13.8 Å². The second-order valence-electron chi connectivity index (χ2n) is 7.20. The van der Waals surface area contributed by atoms with E-state index in [0.717, 1.165) is 9.87 Å². The molecule has 2 rings (SSSR count). The molecule has 0 aliphatic carbocycles. The van der Waals surface area contributed by atoms with Crippen molar-refractivity contribution >= 4 is 25.7 Å². The molecule has 0 radical (unpaired) electrons. The molecule has 0 aromatic heterocycles. The van der Waals surface area contributed by atoms with E-state index in [1.54, 1.807) is 12.1 Å². The van der Waals surface area contributed by atoms with E-state index in [0.29, 0.717) is 18.9 Å². The van der Waals surface area contributed by atoms with Crippen LogP contribution in [0.25, 0.3) is 0 Å². The van der Waals surface area contributed by atoms with Crippen molar-refractivity contribution in [3.05, 3.63) is 48.0 Å². The van der Waals surface area contributed by atoms with Crippen LogP contribution in [0.5, 0.6) is 5.75 Å². The number of methoxy groups -OCH3 is 1. The van der Waals surface area contributed by atoms with Crippen molar-refractivity contribution in [3.63, 3.8) is 0 Å². The number of aryl methyl sites for hydroxylation is 1. The standard InChI is InChI=1S/C20H28N2O5S2/c1-15(2)12-13-21-28(23,24)18-10-11-20(27-5)19(14-18)22(4)29(25,26)17-8-6-16(3)7-9-17/h6-11,14-15,21H,12-13H2,1-5H3. The number of sulfonamides is 2.